The van der Waals surface area contributed by atoms with Gasteiger partial charge in [-0.2, -0.15) is 0 Å². The highest BCUT2D eigenvalue weighted by atomic mass is 16.5. The summed E-state index contributed by atoms with van der Waals surface area (Å²) in [5, 5.41) is 3.18. The van der Waals surface area contributed by atoms with Crippen molar-refractivity contribution in [3.8, 4) is 0 Å². The van der Waals surface area contributed by atoms with E-state index >= 15 is 0 Å². The lowest BCUT2D eigenvalue weighted by atomic mass is 10.2. The molecule has 2 rings (SSSR count). The second-order valence-electron chi connectivity index (χ2n) is 4.78. The quantitative estimate of drug-likeness (QED) is 0.680. The summed E-state index contributed by atoms with van der Waals surface area (Å²) in [6, 6.07) is 8.15. The number of esters is 1. The van der Waals surface area contributed by atoms with Gasteiger partial charge in [-0.15, -0.1) is 0 Å². The lowest BCUT2D eigenvalue weighted by molar-refractivity contribution is -0.124. The first-order valence-corrected chi connectivity index (χ1v) is 6.47. The second-order valence-corrected chi connectivity index (χ2v) is 4.78. The van der Waals surface area contributed by atoms with Crippen molar-refractivity contribution < 1.29 is 18.7 Å². The average Bonchev–Trinajstić information content (AvgIpc) is 2.43. The molecule has 0 aliphatic carbocycles. The van der Waals surface area contributed by atoms with Gasteiger partial charge in [0, 0.05) is 11.4 Å². The van der Waals surface area contributed by atoms with Crippen molar-refractivity contribution >= 4 is 22.8 Å². The van der Waals surface area contributed by atoms with Crippen LogP contribution in [0.15, 0.2) is 39.5 Å². The van der Waals surface area contributed by atoms with E-state index < -0.39 is 24.1 Å². The molecule has 1 aromatic carbocycles. The molecule has 0 aliphatic heterocycles. The fourth-order valence-corrected chi connectivity index (χ4v) is 1.78. The molecule has 0 atom stereocenters. The van der Waals surface area contributed by atoms with E-state index in [4.69, 9.17) is 9.15 Å². The number of nitrogens with one attached hydrogen (secondary N) is 1. The molecule has 0 radical (unpaired) electrons. The first-order chi connectivity index (χ1) is 9.97. The maximum absolute atomic E-state index is 11.8. The second kappa shape index (κ2) is 6.21. The Morgan fingerprint density at radius 3 is 2.71 bits per heavy atom. The Kier molecular flexibility index (Phi) is 4.37. The van der Waals surface area contributed by atoms with Gasteiger partial charge in [-0.05, 0) is 26.0 Å². The van der Waals surface area contributed by atoms with Crippen molar-refractivity contribution in [2.75, 3.05) is 6.61 Å². The van der Waals surface area contributed by atoms with Crippen LogP contribution in [0.1, 0.15) is 24.2 Å². The van der Waals surface area contributed by atoms with E-state index in [1.807, 2.05) is 0 Å². The van der Waals surface area contributed by atoms with Crippen molar-refractivity contribution in [2.24, 2.45) is 0 Å². The Labute approximate surface area is 120 Å². The zero-order chi connectivity index (χ0) is 15.4. The standard InChI is InChI=1S/C15H15NO5/c1-9(2)16-13(17)8-20-14(18)11-7-10-5-3-4-6-12(10)21-15(11)19/h3-7,9H,8H2,1-2H3,(H,16,17). The van der Waals surface area contributed by atoms with E-state index in [0.29, 0.717) is 11.0 Å². The molecule has 6 heteroatoms. The van der Waals surface area contributed by atoms with Gasteiger partial charge in [0.15, 0.2) is 6.61 Å². The Morgan fingerprint density at radius 2 is 2.00 bits per heavy atom. The molecule has 1 N–H and O–H groups in total. The van der Waals surface area contributed by atoms with Gasteiger partial charge in [-0.25, -0.2) is 9.59 Å². The van der Waals surface area contributed by atoms with Crippen molar-refractivity contribution in [1.82, 2.24) is 5.32 Å². The summed E-state index contributed by atoms with van der Waals surface area (Å²) in [6.45, 7) is 3.14. The maximum Gasteiger partial charge on any atom is 0.351 e. The topological polar surface area (TPSA) is 85.6 Å². The number of rotatable bonds is 4. The van der Waals surface area contributed by atoms with Gasteiger partial charge in [-0.3, -0.25) is 4.79 Å². The van der Waals surface area contributed by atoms with Crippen LogP contribution in [0.3, 0.4) is 0 Å². The number of para-hydroxylation sites is 1. The number of hydrogen-bond acceptors (Lipinski definition) is 5. The highest BCUT2D eigenvalue weighted by molar-refractivity contribution is 5.94. The van der Waals surface area contributed by atoms with Crippen LogP contribution in [0.5, 0.6) is 0 Å². The highest BCUT2D eigenvalue weighted by Gasteiger charge is 2.16. The van der Waals surface area contributed by atoms with E-state index in [9.17, 15) is 14.4 Å². The molecule has 0 saturated heterocycles. The lowest BCUT2D eigenvalue weighted by Gasteiger charge is -2.08. The number of amides is 1. The fourth-order valence-electron chi connectivity index (χ4n) is 1.78. The summed E-state index contributed by atoms with van der Waals surface area (Å²) < 4.78 is 9.84. The van der Waals surface area contributed by atoms with E-state index in [2.05, 4.69) is 5.32 Å². The smallest absolute Gasteiger partial charge is 0.351 e. The van der Waals surface area contributed by atoms with E-state index in [0.717, 1.165) is 0 Å². The monoisotopic (exact) mass is 289 g/mol. The van der Waals surface area contributed by atoms with Crippen LogP contribution in [-0.2, 0) is 9.53 Å². The first-order valence-electron chi connectivity index (χ1n) is 6.47. The van der Waals surface area contributed by atoms with Gasteiger partial charge in [0.2, 0.25) is 0 Å². The van der Waals surface area contributed by atoms with Crippen LogP contribution in [-0.4, -0.2) is 24.5 Å². The summed E-state index contributed by atoms with van der Waals surface area (Å²) in [6.07, 6.45) is 0. The minimum absolute atomic E-state index is 0.0538. The average molecular weight is 289 g/mol. The molecule has 0 saturated carbocycles. The Hall–Kier alpha value is -2.63. The van der Waals surface area contributed by atoms with Crippen molar-refractivity contribution in [3.63, 3.8) is 0 Å². The fraction of sp³-hybridized carbons (Fsp3) is 0.267. The third-order valence-electron chi connectivity index (χ3n) is 2.65. The summed E-state index contributed by atoms with van der Waals surface area (Å²) >= 11 is 0. The Morgan fingerprint density at radius 1 is 1.29 bits per heavy atom. The SMILES string of the molecule is CC(C)NC(=O)COC(=O)c1cc2ccccc2oc1=O. The molecule has 110 valence electrons. The molecule has 0 bridgehead atoms. The summed E-state index contributed by atoms with van der Waals surface area (Å²) in [5.74, 6) is -1.31. The van der Waals surface area contributed by atoms with Gasteiger partial charge in [-0.1, -0.05) is 18.2 Å². The third kappa shape index (κ3) is 3.68. The highest BCUT2D eigenvalue weighted by Crippen LogP contribution is 2.12. The first kappa shape index (κ1) is 14.8. The van der Waals surface area contributed by atoms with Gasteiger partial charge in [0.05, 0.1) is 0 Å². The van der Waals surface area contributed by atoms with Gasteiger partial charge in [0.1, 0.15) is 11.1 Å². The Balaban J connectivity index is 2.14. The van der Waals surface area contributed by atoms with E-state index in [-0.39, 0.29) is 11.6 Å². The number of hydrogen-bond donors (Lipinski definition) is 1. The van der Waals surface area contributed by atoms with E-state index in [1.165, 1.54) is 6.07 Å². The summed E-state index contributed by atoms with van der Waals surface area (Å²) in [4.78, 5) is 35.0. The van der Waals surface area contributed by atoms with Crippen LogP contribution in [0, 0.1) is 0 Å². The number of carbonyl (C=O) groups excluding carboxylic acids is 2. The predicted octanol–water partition coefficient (Wildman–Crippen LogP) is 1.47. The summed E-state index contributed by atoms with van der Waals surface area (Å²) in [7, 11) is 0. The molecule has 2 aromatic rings. The van der Waals surface area contributed by atoms with Gasteiger partial charge in [0.25, 0.3) is 5.91 Å². The zero-order valence-electron chi connectivity index (χ0n) is 11.7. The third-order valence-corrected chi connectivity index (χ3v) is 2.65. The van der Waals surface area contributed by atoms with Gasteiger partial charge >= 0.3 is 11.6 Å². The lowest BCUT2D eigenvalue weighted by Crippen LogP contribution is -2.34. The van der Waals surface area contributed by atoms with Crippen LogP contribution < -0.4 is 10.9 Å². The number of carbonyl (C=O) groups is 2. The van der Waals surface area contributed by atoms with Crippen LogP contribution in [0.4, 0.5) is 0 Å². The Bertz CT molecular complexity index is 732. The van der Waals surface area contributed by atoms with E-state index in [1.54, 1.807) is 38.1 Å². The molecule has 0 aliphatic rings. The van der Waals surface area contributed by atoms with Crippen molar-refractivity contribution in [2.45, 2.75) is 19.9 Å². The van der Waals surface area contributed by atoms with Crippen LogP contribution >= 0.6 is 0 Å². The molecule has 0 fully saturated rings. The molecule has 21 heavy (non-hydrogen) atoms. The number of fused-ring (bicyclic) bond motifs is 1. The minimum Gasteiger partial charge on any atom is -0.452 e. The van der Waals surface area contributed by atoms with Crippen LogP contribution in [0.2, 0.25) is 0 Å². The molecule has 1 heterocycles. The van der Waals surface area contributed by atoms with Gasteiger partial charge < -0.3 is 14.5 Å². The molecular weight excluding hydrogens is 274 g/mol. The molecule has 1 aromatic heterocycles. The normalized spacial score (nSPS) is 10.6. The molecular formula is C15H15NO5. The van der Waals surface area contributed by atoms with Crippen molar-refractivity contribution in [3.05, 3.63) is 46.3 Å². The number of benzene rings is 1. The molecule has 6 nitrogen and oxygen atoms in total. The van der Waals surface area contributed by atoms with Crippen LogP contribution in [0.25, 0.3) is 11.0 Å². The maximum atomic E-state index is 11.8. The summed E-state index contributed by atoms with van der Waals surface area (Å²) in [5.41, 5.74) is -0.634. The largest absolute Gasteiger partial charge is 0.452 e. The number of ether oxygens (including phenoxy) is 1. The van der Waals surface area contributed by atoms with Crippen molar-refractivity contribution in [1.29, 1.82) is 0 Å². The predicted molar refractivity (Wildman–Crippen MR) is 76.0 cm³/mol. The molecule has 0 unspecified atom stereocenters. The zero-order valence-corrected chi connectivity index (χ0v) is 11.7. The molecule has 0 spiro atoms. The molecule has 1 amide bonds. The minimum atomic E-state index is -0.881.